The number of nitriles is 2. The highest BCUT2D eigenvalue weighted by atomic mass is 32.1. The van der Waals surface area contributed by atoms with Crippen LogP contribution in [0.2, 0.25) is 0 Å². The fraction of sp³-hybridized carbons (Fsp3) is 0.364. The second-order valence-electron chi connectivity index (χ2n) is 24.3. The zero-order valence-corrected chi connectivity index (χ0v) is 52.4. The van der Waals surface area contributed by atoms with Crippen molar-refractivity contribution in [1.29, 1.82) is 10.5 Å². The third-order valence-corrected chi connectivity index (χ3v) is 19.6. The van der Waals surface area contributed by atoms with Gasteiger partial charge in [-0.2, -0.15) is 36.9 Å². The van der Waals surface area contributed by atoms with Crippen molar-refractivity contribution in [3.8, 4) is 12.1 Å². The number of hydrogen-bond acceptors (Lipinski definition) is 17. The Bertz CT molecular complexity index is 4430. The predicted molar refractivity (Wildman–Crippen MR) is 344 cm³/mol. The maximum Gasteiger partial charge on any atom is 0.393 e. The third kappa shape index (κ3) is 14.6. The summed E-state index contributed by atoms with van der Waals surface area (Å²) in [5, 5.41) is 63.7. The summed E-state index contributed by atoms with van der Waals surface area (Å²) in [5.41, 5.74) is 12.1. The van der Waals surface area contributed by atoms with E-state index < -0.39 is 41.3 Å². The Kier molecular flexibility index (Phi) is 18.4. The lowest BCUT2D eigenvalue weighted by Gasteiger charge is -2.33. The molecule has 2 aliphatic heterocycles. The van der Waals surface area contributed by atoms with Gasteiger partial charge in [0.2, 0.25) is 0 Å². The van der Waals surface area contributed by atoms with Gasteiger partial charge in [-0.15, -0.1) is 22.7 Å². The van der Waals surface area contributed by atoms with Crippen LogP contribution in [0.1, 0.15) is 94.1 Å². The van der Waals surface area contributed by atoms with Crippen molar-refractivity contribution in [3.63, 3.8) is 0 Å². The molecule has 8 heterocycles. The van der Waals surface area contributed by atoms with Crippen molar-refractivity contribution in [1.82, 2.24) is 38.9 Å². The van der Waals surface area contributed by atoms with Gasteiger partial charge in [-0.3, -0.25) is 19.9 Å². The van der Waals surface area contributed by atoms with E-state index in [4.69, 9.17) is 5.73 Å². The molecule has 6 aromatic heterocycles. The normalized spacial score (nSPS) is 16.1. The number of thiophene rings is 2. The van der Waals surface area contributed by atoms with Gasteiger partial charge < -0.3 is 35.7 Å². The largest absolute Gasteiger partial charge is 0.399 e. The van der Waals surface area contributed by atoms with Gasteiger partial charge in [0, 0.05) is 101 Å². The molecule has 26 heteroatoms. The molecule has 0 radical (unpaired) electrons. The molecule has 2 unspecified atom stereocenters. The van der Waals surface area contributed by atoms with Gasteiger partial charge >= 0.3 is 12.4 Å². The number of alkyl halides is 6. The smallest absolute Gasteiger partial charge is 0.393 e. The van der Waals surface area contributed by atoms with Gasteiger partial charge in [-0.25, -0.2) is 19.9 Å². The molecule has 0 aliphatic carbocycles. The molecular formula is C66H66F6N14O4S2. The average Bonchev–Trinajstić information content (AvgIpc) is 1.65. The Morgan fingerprint density at radius 3 is 1.37 bits per heavy atom. The van der Waals surface area contributed by atoms with Gasteiger partial charge in [0.25, 0.3) is 5.69 Å². The van der Waals surface area contributed by atoms with Crippen LogP contribution in [0.5, 0.6) is 0 Å². The second-order valence-corrected chi connectivity index (χ2v) is 26.5. The lowest BCUT2D eigenvalue weighted by molar-refractivity contribution is -0.384. The van der Waals surface area contributed by atoms with E-state index in [0.717, 1.165) is 125 Å². The maximum atomic E-state index is 12.9. The number of non-ortho nitro benzene ring substituents is 1. The summed E-state index contributed by atoms with van der Waals surface area (Å²) in [7, 11) is 0. The summed E-state index contributed by atoms with van der Waals surface area (Å²) in [6, 6.07) is 32.7. The van der Waals surface area contributed by atoms with Crippen molar-refractivity contribution in [2.24, 2.45) is 0 Å². The van der Waals surface area contributed by atoms with Crippen LogP contribution in [0.4, 0.5) is 49.4 Å². The summed E-state index contributed by atoms with van der Waals surface area (Å²) < 4.78 is 81.2. The van der Waals surface area contributed by atoms with E-state index >= 15 is 0 Å². The highest BCUT2D eigenvalue weighted by molar-refractivity contribution is 7.19. The van der Waals surface area contributed by atoms with E-state index in [1.807, 2.05) is 41.8 Å². The number of rotatable bonds is 17. The van der Waals surface area contributed by atoms with Crippen LogP contribution >= 0.6 is 22.7 Å². The standard InChI is InChI=1S/C33H32F3N7O3S.C33H34F3N7OS/c1-20-21(3-8-29-27(20)13-25(16-37)42(29)18-32(2,44)22-4-6-24(7-5-22)43(45)46)17-41-11-9-23(10-12-41)40-30-28-14-26(15-33(34,35)36)47-31(28)39-19-38-30;1-20-21(3-8-29-27(20)13-25(16-37)43(29)18-32(2,44)22-4-6-23(38)7-5-22)17-42-11-9-24(10-12-42)41-30-28-14-26(15-33(34,35)36)45-31(28)40-19-39-30/h3-8,13-14,19,23,44H,9-12,15,17-18H2,1-2H3,(H,38,39,40);3-8,13-14,19,24,44H,9-12,15,17-18,38H2,1-2H3,(H,39,40,41). The number of aliphatic hydroxyl groups is 2. The van der Waals surface area contributed by atoms with Crippen molar-refractivity contribution in [2.75, 3.05) is 42.5 Å². The number of nitrogens with two attached hydrogens (primary N) is 1. The minimum absolute atomic E-state index is 0.0655. The third-order valence-electron chi connectivity index (χ3n) is 17.5. The number of fused-ring (bicyclic) bond motifs is 4. The number of nitro groups is 1. The van der Waals surface area contributed by atoms with E-state index in [1.54, 1.807) is 48.7 Å². The first-order chi connectivity index (χ1) is 43.7. The Hall–Kier alpha value is -8.76. The van der Waals surface area contributed by atoms with E-state index in [0.29, 0.717) is 61.3 Å². The highest BCUT2D eigenvalue weighted by Crippen LogP contribution is 2.38. The SMILES string of the molecule is Cc1c(CN2CCC(Nc3ncnc4sc(CC(F)(F)F)cc34)CC2)ccc2c1cc(C#N)n2CC(C)(O)c1ccc(N)cc1.Cc1c(CN2CCC(Nc3ncnc4sc(CC(F)(F)F)cc34)CC2)ccc2c1cc(C#N)n2CC(C)(O)c1ccc([N+](=O)[O-])cc1. The molecule has 2 aliphatic rings. The molecule has 92 heavy (non-hydrogen) atoms. The number of likely N-dealkylation sites (tertiary alicyclic amines) is 2. The molecule has 10 aromatic rings. The number of nitrogens with zero attached hydrogens (tertiary/aromatic N) is 11. The van der Waals surface area contributed by atoms with Crippen molar-refractivity contribution in [2.45, 2.75) is 128 Å². The first kappa shape index (κ1) is 64.8. The first-order valence-electron chi connectivity index (χ1n) is 29.9. The maximum absolute atomic E-state index is 12.9. The fourth-order valence-corrected chi connectivity index (χ4v) is 14.5. The summed E-state index contributed by atoms with van der Waals surface area (Å²) >= 11 is 2.09. The number of nitro benzene ring substituents is 1. The van der Waals surface area contributed by atoms with Crippen molar-refractivity contribution < 1.29 is 41.5 Å². The quantitative estimate of drug-likeness (QED) is 0.0246. The lowest BCUT2D eigenvalue weighted by atomic mass is 9.95. The van der Waals surface area contributed by atoms with Crippen LogP contribution in [-0.4, -0.2) is 105 Å². The van der Waals surface area contributed by atoms with Crippen LogP contribution < -0.4 is 16.4 Å². The van der Waals surface area contributed by atoms with Crippen LogP contribution in [0.3, 0.4) is 0 Å². The topological polar surface area (TPSA) is 249 Å². The molecule has 0 bridgehead atoms. The van der Waals surface area contributed by atoms with E-state index in [-0.39, 0.29) is 40.6 Å². The number of piperidine rings is 2. The molecule has 2 atom stereocenters. The van der Waals surface area contributed by atoms with E-state index in [2.05, 4.69) is 65.5 Å². The van der Waals surface area contributed by atoms with Crippen LogP contribution in [0, 0.1) is 46.6 Å². The number of nitrogen functional groups attached to an aromatic ring is 1. The minimum Gasteiger partial charge on any atom is -0.399 e. The number of benzene rings is 4. The molecule has 18 nitrogen and oxygen atoms in total. The van der Waals surface area contributed by atoms with Crippen LogP contribution in [0.25, 0.3) is 42.2 Å². The average molecular weight is 1300 g/mol. The number of aromatic nitrogens is 6. The lowest BCUT2D eigenvalue weighted by Crippen LogP contribution is -2.39. The monoisotopic (exact) mass is 1300 g/mol. The van der Waals surface area contributed by atoms with Gasteiger partial charge in [-0.05, 0) is 147 Å². The number of nitrogens with one attached hydrogen (secondary N) is 2. The van der Waals surface area contributed by atoms with E-state index in [9.17, 15) is 57.2 Å². The Labute approximate surface area is 533 Å². The van der Waals surface area contributed by atoms with Gasteiger partial charge in [0.1, 0.15) is 68.7 Å². The number of halogens is 6. The molecule has 12 rings (SSSR count). The molecule has 4 aromatic carbocycles. The molecule has 0 spiro atoms. The Morgan fingerprint density at radius 1 is 0.609 bits per heavy atom. The Balaban J connectivity index is 0.000000189. The molecule has 0 amide bonds. The number of anilines is 3. The highest BCUT2D eigenvalue weighted by Gasteiger charge is 2.33. The summed E-state index contributed by atoms with van der Waals surface area (Å²) in [6.07, 6.45) is -4.32. The molecule has 6 N–H and O–H groups in total. The molecule has 478 valence electrons. The van der Waals surface area contributed by atoms with E-state index in [1.165, 1.54) is 48.5 Å². The van der Waals surface area contributed by atoms with Crippen molar-refractivity contribution >= 4 is 87.9 Å². The van der Waals surface area contributed by atoms with Gasteiger partial charge in [0.05, 0.1) is 41.6 Å². The number of aryl methyl sites for hydroxylation is 2. The zero-order valence-electron chi connectivity index (χ0n) is 50.7. The van der Waals surface area contributed by atoms with Gasteiger partial charge in [0.15, 0.2) is 0 Å². The molecule has 2 saturated heterocycles. The van der Waals surface area contributed by atoms with Gasteiger partial charge in [-0.1, -0.05) is 24.3 Å². The summed E-state index contributed by atoms with van der Waals surface area (Å²) in [4.78, 5) is 33.9. The minimum atomic E-state index is -4.28. The molecular weight excluding hydrogens is 1230 g/mol. The van der Waals surface area contributed by atoms with Crippen molar-refractivity contribution in [3.05, 3.63) is 174 Å². The second kappa shape index (κ2) is 26.1. The summed E-state index contributed by atoms with van der Waals surface area (Å²) in [5.74, 6) is 1.14. The van der Waals surface area contributed by atoms with Crippen LogP contribution in [0.15, 0.2) is 110 Å². The number of hydrogen-bond donors (Lipinski definition) is 5. The predicted octanol–water partition coefficient (Wildman–Crippen LogP) is 13.3. The fourth-order valence-electron chi connectivity index (χ4n) is 12.4. The zero-order chi connectivity index (χ0) is 65.4. The Morgan fingerprint density at radius 2 is 1.00 bits per heavy atom. The molecule has 0 saturated carbocycles. The molecule has 2 fully saturated rings. The summed E-state index contributed by atoms with van der Waals surface area (Å²) in [6.45, 7) is 12.6. The first-order valence-corrected chi connectivity index (χ1v) is 31.5. The van der Waals surface area contributed by atoms with Crippen LogP contribution in [-0.2, 0) is 50.2 Å².